The Morgan fingerprint density at radius 1 is 0.929 bits per heavy atom. The summed E-state index contributed by atoms with van der Waals surface area (Å²) in [4.78, 5) is 12.3. The quantitative estimate of drug-likeness (QED) is 0.661. The smallest absolute Gasteiger partial charge is 0.233 e. The van der Waals surface area contributed by atoms with Gasteiger partial charge in [-0.1, -0.05) is 6.08 Å². The maximum Gasteiger partial charge on any atom is 0.233 e. The summed E-state index contributed by atoms with van der Waals surface area (Å²) in [5.74, 6) is 1.56. The van der Waals surface area contributed by atoms with E-state index in [0.717, 1.165) is 0 Å². The van der Waals surface area contributed by atoms with Gasteiger partial charge in [-0.25, -0.2) is 0 Å². The molecule has 0 aliphatic carbocycles. The molecule has 0 aliphatic rings. The second-order valence-corrected chi connectivity index (χ2v) is 2.45. The van der Waals surface area contributed by atoms with Crippen LogP contribution in [0.1, 0.15) is 6.92 Å². The van der Waals surface area contributed by atoms with Crippen LogP contribution in [0, 0.1) is 0 Å². The zero-order chi connectivity index (χ0) is 10.4. The lowest BCUT2D eigenvalue weighted by molar-refractivity contribution is 1.05. The molecule has 0 amide bonds. The van der Waals surface area contributed by atoms with E-state index in [9.17, 15) is 0 Å². The van der Waals surface area contributed by atoms with Gasteiger partial charge in [-0.15, -0.1) is 0 Å². The molecular weight excluding hydrogens is 180 g/mol. The maximum atomic E-state index is 4.10. The summed E-state index contributed by atoms with van der Waals surface area (Å²) in [7, 11) is 3.52. The van der Waals surface area contributed by atoms with Gasteiger partial charge in [0.1, 0.15) is 0 Å². The molecule has 0 aromatic carbocycles. The molecule has 1 rings (SSSR count). The van der Waals surface area contributed by atoms with Crippen molar-refractivity contribution in [2.24, 2.45) is 0 Å². The standard InChI is InChI=1S/C8H14N6/c1-4-5-11-8-13-6(9-2)12-7(10-3)14-8/h4-5H,1-3H3,(H3,9,10,11,12,13,14). The second-order valence-electron chi connectivity index (χ2n) is 2.45. The lowest BCUT2D eigenvalue weighted by Gasteiger charge is -2.05. The van der Waals surface area contributed by atoms with Crippen molar-refractivity contribution < 1.29 is 0 Å². The fourth-order valence-corrected chi connectivity index (χ4v) is 0.822. The molecule has 3 N–H and O–H groups in total. The Kier molecular flexibility index (Phi) is 3.66. The van der Waals surface area contributed by atoms with E-state index < -0.39 is 0 Å². The minimum atomic E-state index is 0.506. The number of rotatable bonds is 4. The van der Waals surface area contributed by atoms with E-state index in [4.69, 9.17) is 0 Å². The number of aromatic nitrogens is 3. The summed E-state index contributed by atoms with van der Waals surface area (Å²) in [6, 6.07) is 0. The van der Waals surface area contributed by atoms with Gasteiger partial charge in [0.2, 0.25) is 17.8 Å². The van der Waals surface area contributed by atoms with E-state index in [-0.39, 0.29) is 0 Å². The van der Waals surface area contributed by atoms with Crippen molar-refractivity contribution in [2.75, 3.05) is 30.0 Å². The zero-order valence-corrected chi connectivity index (χ0v) is 8.50. The molecule has 0 bridgehead atoms. The molecule has 1 aromatic heterocycles. The predicted octanol–water partition coefficient (Wildman–Crippen LogP) is 0.900. The molecule has 0 aliphatic heterocycles. The minimum Gasteiger partial charge on any atom is -0.357 e. The third kappa shape index (κ3) is 2.58. The fraction of sp³-hybridized carbons (Fsp3) is 0.375. The first-order valence-corrected chi connectivity index (χ1v) is 4.29. The Hall–Kier alpha value is -1.85. The van der Waals surface area contributed by atoms with Gasteiger partial charge in [0, 0.05) is 14.1 Å². The van der Waals surface area contributed by atoms with Crippen molar-refractivity contribution in [1.82, 2.24) is 15.0 Å². The molecule has 6 nitrogen and oxygen atoms in total. The van der Waals surface area contributed by atoms with Gasteiger partial charge in [0.05, 0.1) is 0 Å². The summed E-state index contributed by atoms with van der Waals surface area (Å²) >= 11 is 0. The van der Waals surface area contributed by atoms with Gasteiger partial charge < -0.3 is 16.0 Å². The Morgan fingerprint density at radius 2 is 1.43 bits per heavy atom. The van der Waals surface area contributed by atoms with Gasteiger partial charge in [0.25, 0.3) is 0 Å². The lowest BCUT2D eigenvalue weighted by Crippen LogP contribution is -2.06. The second kappa shape index (κ2) is 5.00. The van der Waals surface area contributed by atoms with E-state index in [2.05, 4.69) is 30.9 Å². The van der Waals surface area contributed by atoms with Crippen LogP contribution in [0.3, 0.4) is 0 Å². The van der Waals surface area contributed by atoms with E-state index in [1.165, 1.54) is 0 Å². The summed E-state index contributed by atoms with van der Waals surface area (Å²) in [5, 5.41) is 8.63. The molecule has 0 saturated heterocycles. The van der Waals surface area contributed by atoms with Crippen molar-refractivity contribution >= 4 is 17.8 Å². The molecule has 0 atom stereocenters. The van der Waals surface area contributed by atoms with Crippen molar-refractivity contribution in [3.8, 4) is 0 Å². The highest BCUT2D eigenvalue weighted by Crippen LogP contribution is 2.07. The minimum absolute atomic E-state index is 0.506. The van der Waals surface area contributed by atoms with Gasteiger partial charge in [0.15, 0.2) is 0 Å². The molecule has 76 valence electrons. The van der Waals surface area contributed by atoms with Crippen molar-refractivity contribution in [1.29, 1.82) is 0 Å². The molecule has 1 heterocycles. The van der Waals surface area contributed by atoms with E-state index >= 15 is 0 Å². The summed E-state index contributed by atoms with van der Waals surface area (Å²) in [5.41, 5.74) is 0. The number of nitrogens with one attached hydrogen (secondary N) is 3. The van der Waals surface area contributed by atoms with Crippen LogP contribution < -0.4 is 16.0 Å². The molecule has 1 aromatic rings. The van der Waals surface area contributed by atoms with Gasteiger partial charge >= 0.3 is 0 Å². The van der Waals surface area contributed by atoms with E-state index in [1.54, 1.807) is 20.3 Å². The molecular formula is C8H14N6. The van der Waals surface area contributed by atoms with Crippen molar-refractivity contribution in [3.63, 3.8) is 0 Å². The normalized spacial score (nSPS) is 10.2. The third-order valence-corrected chi connectivity index (χ3v) is 1.46. The Balaban J connectivity index is 2.92. The number of hydrogen-bond donors (Lipinski definition) is 3. The highest BCUT2D eigenvalue weighted by molar-refractivity contribution is 5.42. The number of hydrogen-bond acceptors (Lipinski definition) is 6. The van der Waals surface area contributed by atoms with E-state index in [1.807, 2.05) is 13.0 Å². The number of nitrogens with zero attached hydrogens (tertiary/aromatic N) is 3. The zero-order valence-electron chi connectivity index (χ0n) is 8.50. The molecule has 0 unspecified atom stereocenters. The largest absolute Gasteiger partial charge is 0.357 e. The van der Waals surface area contributed by atoms with Crippen LogP contribution in [0.15, 0.2) is 12.3 Å². The first kappa shape index (κ1) is 10.2. The number of anilines is 3. The lowest BCUT2D eigenvalue weighted by atomic mass is 10.7. The molecule has 0 spiro atoms. The van der Waals surface area contributed by atoms with Crippen LogP contribution in [0.4, 0.5) is 17.8 Å². The summed E-state index contributed by atoms with van der Waals surface area (Å²) < 4.78 is 0. The summed E-state index contributed by atoms with van der Waals surface area (Å²) in [6.45, 7) is 1.91. The van der Waals surface area contributed by atoms with Crippen molar-refractivity contribution in [2.45, 2.75) is 6.92 Å². The molecule has 6 heteroatoms. The van der Waals surface area contributed by atoms with Crippen LogP contribution in [0.2, 0.25) is 0 Å². The van der Waals surface area contributed by atoms with Crippen molar-refractivity contribution in [3.05, 3.63) is 12.3 Å². The Morgan fingerprint density at radius 3 is 1.86 bits per heavy atom. The fourth-order valence-electron chi connectivity index (χ4n) is 0.822. The predicted molar refractivity (Wildman–Crippen MR) is 57.4 cm³/mol. The average Bonchev–Trinajstić information content (AvgIpc) is 2.25. The number of allylic oxidation sites excluding steroid dienone is 1. The highest BCUT2D eigenvalue weighted by Gasteiger charge is 2.01. The molecule has 14 heavy (non-hydrogen) atoms. The van der Waals surface area contributed by atoms with Gasteiger partial charge in [-0.05, 0) is 13.1 Å². The maximum absolute atomic E-state index is 4.10. The van der Waals surface area contributed by atoms with Crippen LogP contribution in [-0.2, 0) is 0 Å². The van der Waals surface area contributed by atoms with Crippen LogP contribution in [0.25, 0.3) is 0 Å². The SMILES string of the molecule is CC=CNc1nc(NC)nc(NC)n1. The van der Waals surface area contributed by atoms with Gasteiger partial charge in [-0.2, -0.15) is 15.0 Å². The first-order chi connectivity index (χ1) is 6.80. The average molecular weight is 194 g/mol. The summed E-state index contributed by atoms with van der Waals surface area (Å²) in [6.07, 6.45) is 3.62. The van der Waals surface area contributed by atoms with Crippen LogP contribution in [-0.4, -0.2) is 29.0 Å². The monoisotopic (exact) mass is 194 g/mol. The Labute approximate surface area is 82.9 Å². The molecule has 0 radical (unpaired) electrons. The van der Waals surface area contributed by atoms with Crippen LogP contribution >= 0.6 is 0 Å². The first-order valence-electron chi connectivity index (χ1n) is 4.29. The third-order valence-electron chi connectivity index (χ3n) is 1.46. The van der Waals surface area contributed by atoms with Gasteiger partial charge in [-0.3, -0.25) is 0 Å². The Bertz CT molecular complexity index is 299. The van der Waals surface area contributed by atoms with Crippen LogP contribution in [0.5, 0.6) is 0 Å². The highest BCUT2D eigenvalue weighted by atomic mass is 15.3. The van der Waals surface area contributed by atoms with E-state index in [0.29, 0.717) is 17.8 Å². The topological polar surface area (TPSA) is 74.8 Å². The molecule has 0 fully saturated rings. The molecule has 0 saturated carbocycles.